The lowest BCUT2D eigenvalue weighted by atomic mass is 10.1. The van der Waals surface area contributed by atoms with Crippen LogP contribution in [0.4, 0.5) is 5.69 Å². The van der Waals surface area contributed by atoms with Crippen molar-refractivity contribution in [2.24, 2.45) is 0 Å². The fraction of sp³-hybridized carbons (Fsp3) is 0.462. The summed E-state index contributed by atoms with van der Waals surface area (Å²) >= 11 is 0. The Bertz CT molecular complexity index is 418. The van der Waals surface area contributed by atoms with E-state index in [9.17, 15) is 4.79 Å². The third-order valence-electron chi connectivity index (χ3n) is 2.97. The van der Waals surface area contributed by atoms with Crippen molar-refractivity contribution in [1.29, 1.82) is 0 Å². The number of benzene rings is 1. The van der Waals surface area contributed by atoms with E-state index in [-0.39, 0.29) is 5.91 Å². The zero-order valence-electron chi connectivity index (χ0n) is 10.1. The molecule has 0 bridgehead atoms. The lowest BCUT2D eigenvalue weighted by Crippen LogP contribution is -2.26. The molecule has 0 aliphatic carbocycles. The molecule has 1 aliphatic rings. The van der Waals surface area contributed by atoms with E-state index < -0.39 is 0 Å². The number of carbonyl (C=O) groups is 1. The topological polar surface area (TPSA) is 55.6 Å². The molecule has 2 rings (SSSR count). The Morgan fingerprint density at radius 3 is 2.94 bits per heavy atom. The maximum atomic E-state index is 11.9. The molecule has 1 heterocycles. The molecule has 4 heteroatoms. The second kappa shape index (κ2) is 5.19. The minimum absolute atomic E-state index is 0.147. The Balaban J connectivity index is 1.93. The van der Waals surface area contributed by atoms with Crippen LogP contribution in [0.25, 0.3) is 0 Å². The van der Waals surface area contributed by atoms with Crippen LogP contribution in [0.2, 0.25) is 0 Å². The fourth-order valence-electron chi connectivity index (χ4n) is 2.05. The van der Waals surface area contributed by atoms with E-state index in [1.54, 1.807) is 0 Å². The number of nitrogens with two attached hydrogens (primary N) is 1. The molecule has 0 aromatic heterocycles. The SMILES string of the molecule is CCOCCC(=O)N1Cc2ccc(N)cc2C1. The van der Waals surface area contributed by atoms with Gasteiger partial charge in [0.25, 0.3) is 0 Å². The van der Waals surface area contributed by atoms with Crippen LogP contribution in [0.1, 0.15) is 24.5 Å². The van der Waals surface area contributed by atoms with Gasteiger partial charge in [-0.15, -0.1) is 0 Å². The molecule has 1 amide bonds. The molecule has 0 saturated carbocycles. The molecule has 0 spiro atoms. The predicted molar refractivity (Wildman–Crippen MR) is 66.2 cm³/mol. The van der Waals surface area contributed by atoms with Gasteiger partial charge in [-0.2, -0.15) is 0 Å². The van der Waals surface area contributed by atoms with Gasteiger partial charge in [-0.3, -0.25) is 4.79 Å². The number of anilines is 1. The number of ether oxygens (including phenoxy) is 1. The second-order valence-corrected chi connectivity index (χ2v) is 4.22. The Morgan fingerprint density at radius 2 is 2.18 bits per heavy atom. The third kappa shape index (κ3) is 2.77. The molecule has 0 saturated heterocycles. The number of hydrogen-bond donors (Lipinski definition) is 1. The Labute approximate surface area is 101 Å². The quantitative estimate of drug-likeness (QED) is 0.635. The summed E-state index contributed by atoms with van der Waals surface area (Å²) < 4.78 is 5.19. The van der Waals surface area contributed by atoms with Gasteiger partial charge in [0, 0.05) is 25.4 Å². The summed E-state index contributed by atoms with van der Waals surface area (Å²) in [5.74, 6) is 0.147. The van der Waals surface area contributed by atoms with Gasteiger partial charge in [-0.25, -0.2) is 0 Å². The number of carbonyl (C=O) groups excluding carboxylic acids is 1. The van der Waals surface area contributed by atoms with Crippen molar-refractivity contribution in [3.8, 4) is 0 Å². The van der Waals surface area contributed by atoms with Crippen molar-refractivity contribution >= 4 is 11.6 Å². The van der Waals surface area contributed by atoms with Crippen LogP contribution in [0.5, 0.6) is 0 Å². The van der Waals surface area contributed by atoms with E-state index in [0.29, 0.717) is 32.7 Å². The highest BCUT2D eigenvalue weighted by Gasteiger charge is 2.22. The monoisotopic (exact) mass is 234 g/mol. The maximum Gasteiger partial charge on any atom is 0.225 e. The van der Waals surface area contributed by atoms with E-state index in [0.717, 1.165) is 11.3 Å². The van der Waals surface area contributed by atoms with Gasteiger partial charge >= 0.3 is 0 Å². The average molecular weight is 234 g/mol. The van der Waals surface area contributed by atoms with E-state index in [4.69, 9.17) is 10.5 Å². The first-order chi connectivity index (χ1) is 8.20. The van der Waals surface area contributed by atoms with Gasteiger partial charge in [0.05, 0.1) is 13.0 Å². The van der Waals surface area contributed by atoms with Crippen molar-refractivity contribution in [1.82, 2.24) is 4.90 Å². The molecule has 4 nitrogen and oxygen atoms in total. The highest BCUT2D eigenvalue weighted by Crippen LogP contribution is 2.25. The van der Waals surface area contributed by atoms with E-state index in [1.165, 1.54) is 5.56 Å². The Hall–Kier alpha value is -1.55. The van der Waals surface area contributed by atoms with Crippen molar-refractivity contribution in [2.75, 3.05) is 18.9 Å². The van der Waals surface area contributed by atoms with E-state index in [2.05, 4.69) is 0 Å². The van der Waals surface area contributed by atoms with Gasteiger partial charge in [0.15, 0.2) is 0 Å². The normalized spacial score (nSPS) is 13.8. The zero-order chi connectivity index (χ0) is 12.3. The summed E-state index contributed by atoms with van der Waals surface area (Å²) in [7, 11) is 0. The maximum absolute atomic E-state index is 11.9. The number of hydrogen-bond acceptors (Lipinski definition) is 3. The van der Waals surface area contributed by atoms with Crippen molar-refractivity contribution in [3.05, 3.63) is 29.3 Å². The second-order valence-electron chi connectivity index (χ2n) is 4.22. The molecule has 0 radical (unpaired) electrons. The van der Waals surface area contributed by atoms with Gasteiger partial charge in [0.2, 0.25) is 5.91 Å². The lowest BCUT2D eigenvalue weighted by molar-refractivity contribution is -0.132. The number of fused-ring (bicyclic) bond motifs is 1. The minimum Gasteiger partial charge on any atom is -0.399 e. The van der Waals surface area contributed by atoms with Crippen LogP contribution in [0, 0.1) is 0 Å². The highest BCUT2D eigenvalue weighted by molar-refractivity contribution is 5.77. The van der Waals surface area contributed by atoms with Gasteiger partial charge in [-0.1, -0.05) is 6.07 Å². The molecule has 1 aliphatic heterocycles. The predicted octanol–water partition coefficient (Wildman–Crippen LogP) is 1.54. The Kier molecular flexibility index (Phi) is 3.64. The van der Waals surface area contributed by atoms with Gasteiger partial charge in [0.1, 0.15) is 0 Å². The summed E-state index contributed by atoms with van der Waals surface area (Å²) in [5.41, 5.74) is 8.84. The first-order valence-corrected chi connectivity index (χ1v) is 5.93. The number of nitrogen functional groups attached to an aromatic ring is 1. The highest BCUT2D eigenvalue weighted by atomic mass is 16.5. The molecule has 92 valence electrons. The molecular formula is C13H18N2O2. The first-order valence-electron chi connectivity index (χ1n) is 5.93. The molecule has 0 atom stereocenters. The average Bonchev–Trinajstić information content (AvgIpc) is 2.72. The standard InChI is InChI=1S/C13H18N2O2/c1-2-17-6-5-13(16)15-8-10-3-4-12(14)7-11(10)9-15/h3-4,7H,2,5-6,8-9,14H2,1H3. The van der Waals surface area contributed by atoms with E-state index >= 15 is 0 Å². The van der Waals surface area contributed by atoms with Crippen LogP contribution >= 0.6 is 0 Å². The van der Waals surface area contributed by atoms with Crippen LogP contribution in [0.3, 0.4) is 0 Å². The fourth-order valence-corrected chi connectivity index (χ4v) is 2.05. The Morgan fingerprint density at radius 1 is 1.41 bits per heavy atom. The van der Waals surface area contributed by atoms with Crippen LogP contribution in [0.15, 0.2) is 18.2 Å². The first kappa shape index (κ1) is 11.9. The van der Waals surface area contributed by atoms with E-state index in [1.807, 2.05) is 30.0 Å². The lowest BCUT2D eigenvalue weighted by Gasteiger charge is -2.15. The molecule has 17 heavy (non-hydrogen) atoms. The smallest absolute Gasteiger partial charge is 0.225 e. The van der Waals surface area contributed by atoms with Crippen LogP contribution < -0.4 is 5.73 Å². The van der Waals surface area contributed by atoms with Gasteiger partial charge in [-0.05, 0) is 30.2 Å². The van der Waals surface area contributed by atoms with Crippen molar-refractivity contribution < 1.29 is 9.53 Å². The minimum atomic E-state index is 0.147. The largest absolute Gasteiger partial charge is 0.399 e. The number of nitrogens with zero attached hydrogens (tertiary/aromatic N) is 1. The summed E-state index contributed by atoms with van der Waals surface area (Å²) in [6.07, 6.45) is 0.456. The van der Waals surface area contributed by atoms with Crippen LogP contribution in [-0.2, 0) is 22.6 Å². The summed E-state index contributed by atoms with van der Waals surface area (Å²) in [5, 5.41) is 0. The summed E-state index contributed by atoms with van der Waals surface area (Å²) in [6, 6.07) is 5.83. The van der Waals surface area contributed by atoms with Gasteiger partial charge < -0.3 is 15.4 Å². The molecule has 1 aromatic rings. The van der Waals surface area contributed by atoms with Crippen molar-refractivity contribution in [2.45, 2.75) is 26.4 Å². The summed E-state index contributed by atoms with van der Waals surface area (Å²) in [6.45, 7) is 4.46. The van der Waals surface area contributed by atoms with Crippen LogP contribution in [-0.4, -0.2) is 24.0 Å². The molecule has 1 aromatic carbocycles. The molecule has 0 fully saturated rings. The van der Waals surface area contributed by atoms with Crippen molar-refractivity contribution in [3.63, 3.8) is 0 Å². The number of amides is 1. The number of rotatable bonds is 4. The zero-order valence-corrected chi connectivity index (χ0v) is 10.1. The molecular weight excluding hydrogens is 216 g/mol. The molecule has 2 N–H and O–H groups in total. The summed E-state index contributed by atoms with van der Waals surface area (Å²) in [4.78, 5) is 13.7. The molecule has 0 unspecified atom stereocenters. The third-order valence-corrected chi connectivity index (χ3v) is 2.97.